The zero-order chi connectivity index (χ0) is 9.30. The first kappa shape index (κ1) is 9.03. The molecule has 12 heavy (non-hydrogen) atoms. The van der Waals surface area contributed by atoms with Gasteiger partial charge in [0.05, 0.1) is 5.92 Å². The molecule has 1 aliphatic rings. The molecule has 0 aliphatic carbocycles. The second-order valence-corrected chi connectivity index (χ2v) is 3.31. The minimum atomic E-state index is -0.407. The fraction of sp³-hybridized carbons (Fsp3) is 0.750. The molecule has 0 saturated carbocycles. The molecule has 0 bridgehead atoms. The summed E-state index contributed by atoms with van der Waals surface area (Å²) < 4.78 is 4.86. The second-order valence-electron chi connectivity index (χ2n) is 3.31. The van der Waals surface area contributed by atoms with Crippen molar-refractivity contribution in [2.24, 2.45) is 11.8 Å². The summed E-state index contributed by atoms with van der Waals surface area (Å²) in [6, 6.07) is 0. The predicted octanol–water partition coefficient (Wildman–Crippen LogP) is 0.278. The number of nitrogens with one attached hydrogen (secondary N) is 1. The predicted molar refractivity (Wildman–Crippen MR) is 42.0 cm³/mol. The van der Waals surface area contributed by atoms with E-state index in [0.29, 0.717) is 0 Å². The molecule has 1 aliphatic heterocycles. The minimum Gasteiger partial charge on any atom is -0.441 e. The lowest BCUT2D eigenvalue weighted by molar-refractivity contribution is -0.170. The molecular formula is C8H13NO3. The Morgan fingerprint density at radius 1 is 1.58 bits per heavy atom. The Labute approximate surface area is 71.3 Å². The average Bonchev–Trinajstić information content (AvgIpc) is 1.82. The third kappa shape index (κ3) is 1.57. The van der Waals surface area contributed by atoms with E-state index in [1.54, 1.807) is 0 Å². The van der Waals surface area contributed by atoms with Gasteiger partial charge >= 0.3 is 5.97 Å². The number of hydrogen-bond donors (Lipinski definition) is 1. The summed E-state index contributed by atoms with van der Waals surface area (Å²) in [5.74, 6) is -0.348. The van der Waals surface area contributed by atoms with Crippen molar-refractivity contribution >= 4 is 11.9 Å². The van der Waals surface area contributed by atoms with Gasteiger partial charge in [0.2, 0.25) is 5.91 Å². The van der Waals surface area contributed by atoms with Gasteiger partial charge in [-0.3, -0.25) is 9.59 Å². The Kier molecular flexibility index (Phi) is 2.35. The van der Waals surface area contributed by atoms with Gasteiger partial charge < -0.3 is 10.1 Å². The van der Waals surface area contributed by atoms with Crippen molar-refractivity contribution in [2.75, 3.05) is 0 Å². The molecule has 0 aromatic rings. The largest absolute Gasteiger partial charge is 0.441 e. The molecule has 0 aromatic carbocycles. The maximum absolute atomic E-state index is 11.0. The van der Waals surface area contributed by atoms with Gasteiger partial charge in [0, 0.05) is 6.92 Å². The molecule has 0 radical (unpaired) electrons. The number of esters is 1. The van der Waals surface area contributed by atoms with Gasteiger partial charge in [-0.05, 0) is 5.92 Å². The fourth-order valence-electron chi connectivity index (χ4n) is 1.30. The maximum atomic E-state index is 11.0. The average molecular weight is 171 g/mol. The molecule has 1 heterocycles. The zero-order valence-electron chi connectivity index (χ0n) is 7.46. The number of ether oxygens (including phenoxy) is 1. The normalized spacial score (nSPS) is 27.8. The van der Waals surface area contributed by atoms with Crippen molar-refractivity contribution in [3.8, 4) is 0 Å². The molecule has 4 nitrogen and oxygen atoms in total. The smallest absolute Gasteiger partial charge is 0.304 e. The molecule has 0 unspecified atom stereocenters. The van der Waals surface area contributed by atoms with Crippen LogP contribution in [-0.4, -0.2) is 18.1 Å². The Balaban J connectivity index is 2.48. The second kappa shape index (κ2) is 3.13. The molecule has 0 spiro atoms. The standard InChI is InChI=1S/C8H13NO3/c1-4(2)6-7(11)9-8(6)12-5(3)10/h4,6,8H,1-3H3,(H,9,11)/t6-,8-/m0/s1. The highest BCUT2D eigenvalue weighted by molar-refractivity contribution is 5.86. The van der Waals surface area contributed by atoms with Gasteiger partial charge in [0.1, 0.15) is 0 Å². The summed E-state index contributed by atoms with van der Waals surface area (Å²) in [6.07, 6.45) is -0.407. The molecule has 1 fully saturated rings. The summed E-state index contributed by atoms with van der Waals surface area (Å²) in [4.78, 5) is 21.5. The van der Waals surface area contributed by atoms with E-state index in [9.17, 15) is 9.59 Å². The van der Waals surface area contributed by atoms with Crippen molar-refractivity contribution in [1.82, 2.24) is 5.32 Å². The van der Waals surface area contributed by atoms with Crippen LogP contribution in [-0.2, 0) is 14.3 Å². The Morgan fingerprint density at radius 2 is 2.17 bits per heavy atom. The van der Waals surface area contributed by atoms with Crippen LogP contribution in [0, 0.1) is 11.8 Å². The zero-order valence-corrected chi connectivity index (χ0v) is 7.46. The van der Waals surface area contributed by atoms with Crippen molar-refractivity contribution in [3.05, 3.63) is 0 Å². The van der Waals surface area contributed by atoms with E-state index in [0.717, 1.165) is 0 Å². The van der Waals surface area contributed by atoms with E-state index in [-0.39, 0.29) is 23.7 Å². The van der Waals surface area contributed by atoms with Gasteiger partial charge in [0.15, 0.2) is 6.23 Å². The van der Waals surface area contributed by atoms with Crippen LogP contribution in [0.2, 0.25) is 0 Å². The summed E-state index contributed by atoms with van der Waals surface area (Å²) in [7, 11) is 0. The van der Waals surface area contributed by atoms with Crippen LogP contribution in [0.4, 0.5) is 0 Å². The maximum Gasteiger partial charge on any atom is 0.304 e. The number of β-lactam (4-membered cyclic amide) rings is 1. The van der Waals surface area contributed by atoms with E-state index >= 15 is 0 Å². The monoisotopic (exact) mass is 171 g/mol. The van der Waals surface area contributed by atoms with E-state index in [1.807, 2.05) is 13.8 Å². The first-order chi connectivity index (χ1) is 5.52. The molecule has 4 heteroatoms. The van der Waals surface area contributed by atoms with Gasteiger partial charge in [-0.2, -0.15) is 0 Å². The van der Waals surface area contributed by atoms with E-state index < -0.39 is 6.23 Å². The SMILES string of the molecule is CC(=O)O[C@@H]1NC(=O)[C@@H]1C(C)C. The van der Waals surface area contributed by atoms with Crippen LogP contribution in [0.3, 0.4) is 0 Å². The lowest BCUT2D eigenvalue weighted by atomic mass is 9.87. The molecule has 1 amide bonds. The summed E-state index contributed by atoms with van der Waals surface area (Å²) in [5, 5.41) is 2.52. The van der Waals surface area contributed by atoms with Gasteiger partial charge in [-0.1, -0.05) is 13.8 Å². The van der Waals surface area contributed by atoms with Crippen molar-refractivity contribution in [2.45, 2.75) is 27.0 Å². The van der Waals surface area contributed by atoms with Gasteiger partial charge in [0.25, 0.3) is 0 Å². The van der Waals surface area contributed by atoms with Crippen LogP contribution >= 0.6 is 0 Å². The molecule has 68 valence electrons. The minimum absolute atomic E-state index is 0.0312. The van der Waals surface area contributed by atoms with Crippen LogP contribution in [0.25, 0.3) is 0 Å². The molecular weight excluding hydrogens is 158 g/mol. The van der Waals surface area contributed by atoms with Crippen molar-refractivity contribution in [1.29, 1.82) is 0 Å². The molecule has 1 rings (SSSR count). The van der Waals surface area contributed by atoms with Crippen LogP contribution in [0.5, 0.6) is 0 Å². The summed E-state index contributed by atoms with van der Waals surface area (Å²) >= 11 is 0. The highest BCUT2D eigenvalue weighted by Gasteiger charge is 2.43. The Bertz CT molecular complexity index is 212. The fourth-order valence-corrected chi connectivity index (χ4v) is 1.30. The Morgan fingerprint density at radius 3 is 2.50 bits per heavy atom. The first-order valence-corrected chi connectivity index (χ1v) is 4.00. The van der Waals surface area contributed by atoms with Crippen LogP contribution < -0.4 is 5.32 Å². The number of carbonyl (C=O) groups is 2. The molecule has 1 saturated heterocycles. The number of hydrogen-bond acceptors (Lipinski definition) is 3. The summed E-state index contributed by atoms with van der Waals surface area (Å²) in [6.45, 7) is 5.20. The quantitative estimate of drug-likeness (QED) is 0.479. The number of carbonyl (C=O) groups excluding carboxylic acids is 2. The third-order valence-corrected chi connectivity index (χ3v) is 1.92. The lowest BCUT2D eigenvalue weighted by Crippen LogP contribution is -2.61. The molecule has 2 atom stereocenters. The number of rotatable bonds is 2. The highest BCUT2D eigenvalue weighted by Crippen LogP contribution is 2.24. The summed E-state index contributed by atoms with van der Waals surface area (Å²) in [5.41, 5.74) is 0. The van der Waals surface area contributed by atoms with E-state index in [1.165, 1.54) is 6.92 Å². The first-order valence-electron chi connectivity index (χ1n) is 4.00. The van der Waals surface area contributed by atoms with Crippen molar-refractivity contribution in [3.63, 3.8) is 0 Å². The highest BCUT2D eigenvalue weighted by atomic mass is 16.6. The van der Waals surface area contributed by atoms with Gasteiger partial charge in [-0.25, -0.2) is 0 Å². The molecule has 0 aromatic heterocycles. The van der Waals surface area contributed by atoms with Crippen molar-refractivity contribution < 1.29 is 14.3 Å². The van der Waals surface area contributed by atoms with Crippen LogP contribution in [0.1, 0.15) is 20.8 Å². The third-order valence-electron chi connectivity index (χ3n) is 1.92. The number of amides is 1. The van der Waals surface area contributed by atoms with E-state index in [2.05, 4.69) is 5.32 Å². The van der Waals surface area contributed by atoms with Crippen LogP contribution in [0.15, 0.2) is 0 Å². The lowest BCUT2D eigenvalue weighted by Gasteiger charge is -2.37. The van der Waals surface area contributed by atoms with Gasteiger partial charge in [-0.15, -0.1) is 0 Å². The van der Waals surface area contributed by atoms with E-state index in [4.69, 9.17) is 4.74 Å². The Hall–Kier alpha value is -1.06. The topological polar surface area (TPSA) is 55.4 Å². The molecule has 1 N–H and O–H groups in total.